The normalized spacial score (nSPS) is 15.3. The molecule has 0 saturated carbocycles. The maximum Gasteiger partial charge on any atom is 0.298 e. The van der Waals surface area contributed by atoms with Crippen LogP contribution in [-0.2, 0) is 45.0 Å². The number of rotatable bonds is 13. The first-order valence-corrected chi connectivity index (χ1v) is 20.2. The van der Waals surface area contributed by atoms with E-state index in [1.54, 1.807) is 75.1 Å². The molecule has 1 atom stereocenters. The van der Waals surface area contributed by atoms with Crippen LogP contribution in [0.1, 0.15) is 87.2 Å². The van der Waals surface area contributed by atoms with Crippen LogP contribution in [0.5, 0.6) is 5.75 Å². The highest BCUT2D eigenvalue weighted by molar-refractivity contribution is 5.99. The van der Waals surface area contributed by atoms with Gasteiger partial charge in [-0.25, -0.2) is 0 Å². The summed E-state index contributed by atoms with van der Waals surface area (Å²) in [7, 11) is 3.56. The molecule has 7 rings (SSSR count). The van der Waals surface area contributed by atoms with E-state index in [-0.39, 0.29) is 18.0 Å². The first kappa shape index (κ1) is 42.3. The molecule has 18 nitrogen and oxygen atoms in total. The van der Waals surface area contributed by atoms with Gasteiger partial charge in [-0.3, -0.25) is 28.5 Å². The highest BCUT2D eigenvalue weighted by Gasteiger charge is 2.24. The number of fused-ring (bicyclic) bond motifs is 2. The monoisotopic (exact) mass is 832 g/mol. The van der Waals surface area contributed by atoms with Crippen molar-refractivity contribution in [2.75, 3.05) is 19.8 Å². The Labute approximate surface area is 351 Å². The minimum absolute atomic E-state index is 0.159. The minimum Gasteiger partial charge on any atom is -0.491 e. The van der Waals surface area contributed by atoms with Crippen molar-refractivity contribution in [3.8, 4) is 5.75 Å². The van der Waals surface area contributed by atoms with Gasteiger partial charge in [0.1, 0.15) is 22.7 Å². The van der Waals surface area contributed by atoms with Crippen LogP contribution in [0.3, 0.4) is 0 Å². The lowest BCUT2D eigenvalue weighted by Crippen LogP contribution is -2.28. The Kier molecular flexibility index (Phi) is 11.8. The van der Waals surface area contributed by atoms with Crippen LogP contribution in [0, 0.1) is 19.8 Å². The number of aromatic nitrogens is 8. The van der Waals surface area contributed by atoms with Gasteiger partial charge in [0.25, 0.3) is 11.8 Å². The number of allylic oxidation sites excluding steroid dienone is 2. The van der Waals surface area contributed by atoms with Gasteiger partial charge in [-0.2, -0.15) is 20.2 Å². The molecule has 0 aliphatic carbocycles. The van der Waals surface area contributed by atoms with Crippen LogP contribution in [0.15, 0.2) is 63.6 Å². The first-order chi connectivity index (χ1) is 29.1. The quantitative estimate of drug-likeness (QED) is 0.164. The van der Waals surface area contributed by atoms with Gasteiger partial charge < -0.3 is 39.2 Å². The summed E-state index contributed by atoms with van der Waals surface area (Å²) in [4.78, 5) is 62.1. The number of amides is 4. The fraction of sp³-hybridized carbons (Fsp3) is 0.395. The van der Waals surface area contributed by atoms with Gasteiger partial charge in [-0.15, -0.1) is 0 Å². The molecule has 5 heterocycles. The summed E-state index contributed by atoms with van der Waals surface area (Å²) in [5.74, 6) is -1.59. The molecule has 1 fully saturated rings. The molecule has 0 radical (unpaired) electrons. The molecule has 61 heavy (non-hydrogen) atoms. The third kappa shape index (κ3) is 8.22. The lowest BCUT2D eigenvalue weighted by molar-refractivity contribution is 0.0977. The summed E-state index contributed by atoms with van der Waals surface area (Å²) in [6.07, 6.45) is 0.839. The molecule has 320 valence electrons. The minimum atomic E-state index is -0.628. The number of carbonyl (C=O) groups excluding carboxylic acids is 4. The molecule has 1 saturated heterocycles. The first-order valence-electron chi connectivity index (χ1n) is 20.2. The van der Waals surface area contributed by atoms with Crippen LogP contribution in [-0.4, -0.2) is 81.3 Å². The molecule has 0 spiro atoms. The lowest BCUT2D eigenvalue weighted by atomic mass is 10.1. The van der Waals surface area contributed by atoms with Crippen LogP contribution in [0.4, 0.5) is 0 Å². The maximum atomic E-state index is 14.0. The van der Waals surface area contributed by atoms with Gasteiger partial charge >= 0.3 is 0 Å². The SMILES string of the molecule is CCn1nc(C)cc1C(=O)/N=c1\n(C)c2cc(C(N)=O)ccc2n1C/C(C)=C(\C)Cn1/c(=N/C(=O)c2cc(C)nn2CC)n(C)c2cc(C(N)=O)cc(OCC3CCOC3)c21. The molecule has 1 aliphatic rings. The second-order valence-electron chi connectivity index (χ2n) is 15.6. The number of imidazole rings is 2. The zero-order chi connectivity index (χ0) is 43.9. The molecule has 4 N–H and O–H groups in total. The standard InChI is InChI=1S/C43H52N12O6/c1-9-54-34(15-26(5)48-54)40(58)46-42-50(7)32-17-29(38(44)56)11-12-31(32)52(42)20-24(3)25(4)21-53-37-33(18-30(39(45)57)19-36(37)61-23-28-13-14-60-22-28)51(8)43(53)47-41(59)35-16-27(6)49-55(35)10-2/h11-12,15-19,28H,9-10,13-14,20-23H2,1-8H3,(H2,44,56)(H2,45,57)/b25-24+,46-42+,47-43+. The number of nitrogens with two attached hydrogens (primary N) is 2. The second kappa shape index (κ2) is 17.0. The number of aryl methyl sites for hydroxylation is 6. The van der Waals surface area contributed by atoms with E-state index in [1.807, 2.05) is 50.7 Å². The van der Waals surface area contributed by atoms with Crippen molar-refractivity contribution < 1.29 is 28.7 Å². The number of hydrogen-bond donors (Lipinski definition) is 2. The van der Waals surface area contributed by atoms with Crippen molar-refractivity contribution in [3.05, 3.63) is 98.7 Å². The zero-order valence-corrected chi connectivity index (χ0v) is 35.9. The smallest absolute Gasteiger partial charge is 0.298 e. The van der Waals surface area contributed by atoms with E-state index in [0.717, 1.165) is 23.1 Å². The summed E-state index contributed by atoms with van der Waals surface area (Å²) >= 11 is 0. The molecule has 2 aromatic carbocycles. The van der Waals surface area contributed by atoms with E-state index < -0.39 is 23.6 Å². The highest BCUT2D eigenvalue weighted by atomic mass is 16.5. The van der Waals surface area contributed by atoms with E-state index in [1.165, 1.54) is 0 Å². The Morgan fingerprint density at radius 2 is 1.30 bits per heavy atom. The second-order valence-corrected chi connectivity index (χ2v) is 15.6. The summed E-state index contributed by atoms with van der Waals surface area (Å²) in [6, 6.07) is 11.9. The number of carbonyl (C=O) groups is 4. The third-order valence-electron chi connectivity index (χ3n) is 11.2. The molecule has 4 amide bonds. The van der Waals surface area contributed by atoms with E-state index in [9.17, 15) is 19.2 Å². The van der Waals surface area contributed by atoms with Crippen molar-refractivity contribution in [2.45, 2.75) is 74.1 Å². The van der Waals surface area contributed by atoms with E-state index in [2.05, 4.69) is 15.2 Å². The highest BCUT2D eigenvalue weighted by Crippen LogP contribution is 2.30. The molecule has 6 aromatic rings. The lowest BCUT2D eigenvalue weighted by Gasteiger charge is -2.16. The molecule has 4 aromatic heterocycles. The Balaban J connectivity index is 1.40. The summed E-state index contributed by atoms with van der Waals surface area (Å²) in [5.41, 5.74) is 19.2. The largest absolute Gasteiger partial charge is 0.491 e. The number of nitrogens with zero attached hydrogens (tertiary/aromatic N) is 10. The van der Waals surface area contributed by atoms with Crippen molar-refractivity contribution in [3.63, 3.8) is 0 Å². The number of ether oxygens (including phenoxy) is 2. The Hall–Kier alpha value is -6.82. The number of primary amides is 2. The molecular formula is C43H52N12O6. The molecule has 0 bridgehead atoms. The van der Waals surface area contributed by atoms with Gasteiger partial charge in [0.15, 0.2) is 0 Å². The summed E-state index contributed by atoms with van der Waals surface area (Å²) < 4.78 is 22.7. The molecular weight excluding hydrogens is 781 g/mol. The van der Waals surface area contributed by atoms with Gasteiger partial charge in [0, 0.05) is 63.9 Å². The fourth-order valence-electron chi connectivity index (χ4n) is 7.79. The third-order valence-corrected chi connectivity index (χ3v) is 11.2. The van der Waals surface area contributed by atoms with Crippen LogP contribution < -0.4 is 27.4 Å². The fourth-order valence-corrected chi connectivity index (χ4v) is 7.79. The maximum absolute atomic E-state index is 14.0. The van der Waals surface area contributed by atoms with Crippen molar-refractivity contribution in [1.82, 2.24) is 37.8 Å². The topological polar surface area (TPSA) is 219 Å². The van der Waals surface area contributed by atoms with Crippen molar-refractivity contribution in [2.24, 2.45) is 41.5 Å². The Morgan fingerprint density at radius 3 is 1.84 bits per heavy atom. The van der Waals surface area contributed by atoms with E-state index in [0.29, 0.717) is 101 Å². The Morgan fingerprint density at radius 1 is 0.754 bits per heavy atom. The Bertz CT molecular complexity index is 2920. The molecule has 1 unspecified atom stereocenters. The zero-order valence-electron chi connectivity index (χ0n) is 35.9. The summed E-state index contributed by atoms with van der Waals surface area (Å²) in [6.45, 7) is 14.5. The predicted octanol–water partition coefficient (Wildman–Crippen LogP) is 3.45. The van der Waals surface area contributed by atoms with Crippen LogP contribution in [0.2, 0.25) is 0 Å². The van der Waals surface area contributed by atoms with Crippen LogP contribution >= 0.6 is 0 Å². The average molecular weight is 833 g/mol. The van der Waals surface area contributed by atoms with Gasteiger partial charge in [-0.05, 0) is 90.4 Å². The number of benzene rings is 2. The molecule has 18 heteroatoms. The van der Waals surface area contributed by atoms with Gasteiger partial charge in [-0.1, -0.05) is 11.1 Å². The number of hydrogen-bond acceptors (Lipinski definition) is 8. The van der Waals surface area contributed by atoms with Gasteiger partial charge in [0.05, 0.1) is 41.2 Å². The van der Waals surface area contributed by atoms with Gasteiger partial charge in [0.2, 0.25) is 23.1 Å². The van der Waals surface area contributed by atoms with Crippen molar-refractivity contribution >= 4 is 45.7 Å². The van der Waals surface area contributed by atoms with Crippen molar-refractivity contribution in [1.29, 1.82) is 0 Å². The average Bonchev–Trinajstić information content (AvgIpc) is 4.07. The van der Waals surface area contributed by atoms with E-state index in [4.69, 9.17) is 25.9 Å². The van der Waals surface area contributed by atoms with E-state index >= 15 is 0 Å². The predicted molar refractivity (Wildman–Crippen MR) is 227 cm³/mol. The molecule has 1 aliphatic heterocycles. The summed E-state index contributed by atoms with van der Waals surface area (Å²) in [5, 5.41) is 8.90. The van der Waals surface area contributed by atoms with Crippen LogP contribution in [0.25, 0.3) is 22.1 Å².